The molecule has 1 aromatic heterocycles. The number of nitrogens with zero attached hydrogens (tertiary/aromatic N) is 1. The Kier molecular flexibility index (Phi) is 4.54. The largest absolute Gasteiger partial charge is 0.377 e. The molecule has 0 atom stereocenters. The van der Waals surface area contributed by atoms with E-state index >= 15 is 0 Å². The Morgan fingerprint density at radius 2 is 2.13 bits per heavy atom. The maximum absolute atomic E-state index is 5.83. The van der Waals surface area contributed by atoms with Crippen molar-refractivity contribution in [3.05, 3.63) is 22.9 Å². The van der Waals surface area contributed by atoms with Gasteiger partial charge in [-0.25, -0.2) is 0 Å². The molecule has 84 valence electrons. The van der Waals surface area contributed by atoms with E-state index in [1.54, 1.807) is 12.4 Å². The first-order valence-corrected chi connectivity index (χ1v) is 6.04. The lowest BCUT2D eigenvalue weighted by molar-refractivity contribution is 0.445. The molecular weight excluding hydrogens is 254 g/mol. The Morgan fingerprint density at radius 3 is 2.60 bits per heavy atom. The standard InChI is InChI=1S/C11H18BrN3/c1-3-11(4-2,8-13)15-10-5-6-14-7-9(10)12/h5-7H,3-4,8,13H2,1-2H3,(H,14,15). The van der Waals surface area contributed by atoms with Gasteiger partial charge in [-0.3, -0.25) is 4.98 Å². The van der Waals surface area contributed by atoms with Crippen molar-refractivity contribution in [1.29, 1.82) is 0 Å². The molecule has 1 rings (SSSR count). The van der Waals surface area contributed by atoms with Crippen LogP contribution in [0.1, 0.15) is 26.7 Å². The minimum Gasteiger partial charge on any atom is -0.377 e. The van der Waals surface area contributed by atoms with Gasteiger partial charge in [0.05, 0.1) is 10.2 Å². The summed E-state index contributed by atoms with van der Waals surface area (Å²) in [7, 11) is 0. The first-order chi connectivity index (χ1) is 7.17. The molecule has 0 saturated carbocycles. The Balaban J connectivity index is 2.88. The zero-order valence-electron chi connectivity index (χ0n) is 9.26. The Bertz CT molecular complexity index is 302. The van der Waals surface area contributed by atoms with Crippen LogP contribution in [0.25, 0.3) is 0 Å². The third-order valence-electron chi connectivity index (χ3n) is 2.92. The van der Waals surface area contributed by atoms with Crippen LogP contribution < -0.4 is 11.1 Å². The quantitative estimate of drug-likeness (QED) is 0.866. The number of rotatable bonds is 5. The SMILES string of the molecule is CCC(CC)(CN)Nc1ccncc1Br. The van der Waals surface area contributed by atoms with Gasteiger partial charge in [0.1, 0.15) is 0 Å². The van der Waals surface area contributed by atoms with Gasteiger partial charge in [-0.1, -0.05) is 13.8 Å². The highest BCUT2D eigenvalue weighted by molar-refractivity contribution is 9.10. The molecule has 4 heteroatoms. The van der Waals surface area contributed by atoms with Crippen LogP contribution in [-0.4, -0.2) is 17.1 Å². The normalized spacial score (nSPS) is 11.5. The third kappa shape index (κ3) is 2.92. The Morgan fingerprint density at radius 1 is 1.47 bits per heavy atom. The van der Waals surface area contributed by atoms with Gasteiger partial charge in [0.2, 0.25) is 0 Å². The molecule has 0 unspecified atom stereocenters. The second-order valence-corrected chi connectivity index (χ2v) is 4.53. The van der Waals surface area contributed by atoms with E-state index in [0.717, 1.165) is 23.0 Å². The van der Waals surface area contributed by atoms with Gasteiger partial charge in [-0.15, -0.1) is 0 Å². The average molecular weight is 272 g/mol. The first-order valence-electron chi connectivity index (χ1n) is 5.25. The smallest absolute Gasteiger partial charge is 0.0590 e. The predicted molar refractivity (Wildman–Crippen MR) is 67.9 cm³/mol. The van der Waals surface area contributed by atoms with E-state index in [1.807, 2.05) is 6.07 Å². The third-order valence-corrected chi connectivity index (χ3v) is 3.55. The first kappa shape index (κ1) is 12.5. The van der Waals surface area contributed by atoms with Crippen molar-refractivity contribution in [2.45, 2.75) is 32.2 Å². The van der Waals surface area contributed by atoms with Crippen molar-refractivity contribution in [3.8, 4) is 0 Å². The Hall–Kier alpha value is -0.610. The average Bonchev–Trinajstić information content (AvgIpc) is 2.29. The molecule has 0 aliphatic heterocycles. The molecular formula is C11H18BrN3. The van der Waals surface area contributed by atoms with Crippen LogP contribution in [-0.2, 0) is 0 Å². The zero-order chi connectivity index (χ0) is 11.3. The summed E-state index contributed by atoms with van der Waals surface area (Å²) in [6, 6.07) is 1.96. The van der Waals surface area contributed by atoms with E-state index < -0.39 is 0 Å². The van der Waals surface area contributed by atoms with E-state index in [2.05, 4.69) is 40.1 Å². The number of pyridine rings is 1. The second kappa shape index (κ2) is 5.47. The van der Waals surface area contributed by atoms with Crippen LogP contribution in [0.4, 0.5) is 5.69 Å². The van der Waals surface area contributed by atoms with Crippen molar-refractivity contribution in [3.63, 3.8) is 0 Å². The van der Waals surface area contributed by atoms with E-state index in [0.29, 0.717) is 6.54 Å². The maximum Gasteiger partial charge on any atom is 0.0590 e. The van der Waals surface area contributed by atoms with Crippen LogP contribution in [0.2, 0.25) is 0 Å². The molecule has 0 bridgehead atoms. The molecule has 0 radical (unpaired) electrons. The van der Waals surface area contributed by atoms with E-state index in [9.17, 15) is 0 Å². The lowest BCUT2D eigenvalue weighted by Crippen LogP contribution is -2.44. The van der Waals surface area contributed by atoms with Crippen LogP contribution in [0.3, 0.4) is 0 Å². The molecule has 15 heavy (non-hydrogen) atoms. The molecule has 3 N–H and O–H groups in total. The van der Waals surface area contributed by atoms with Gasteiger partial charge >= 0.3 is 0 Å². The van der Waals surface area contributed by atoms with Crippen molar-refractivity contribution in [2.75, 3.05) is 11.9 Å². The minimum atomic E-state index is -0.0100. The number of hydrogen-bond acceptors (Lipinski definition) is 3. The van der Waals surface area contributed by atoms with Crippen LogP contribution in [0.5, 0.6) is 0 Å². The van der Waals surface area contributed by atoms with Crippen molar-refractivity contribution in [1.82, 2.24) is 4.98 Å². The summed E-state index contributed by atoms with van der Waals surface area (Å²) in [5, 5.41) is 3.50. The summed E-state index contributed by atoms with van der Waals surface area (Å²) in [6.07, 6.45) is 5.58. The molecule has 1 aromatic rings. The predicted octanol–water partition coefficient (Wildman–Crippen LogP) is 2.77. The number of aromatic nitrogens is 1. The maximum atomic E-state index is 5.83. The number of nitrogens with two attached hydrogens (primary N) is 1. The van der Waals surface area contributed by atoms with Gasteiger partial charge in [0.15, 0.2) is 0 Å². The number of nitrogens with one attached hydrogen (secondary N) is 1. The topological polar surface area (TPSA) is 50.9 Å². The van der Waals surface area contributed by atoms with Crippen LogP contribution >= 0.6 is 15.9 Å². The van der Waals surface area contributed by atoms with Crippen LogP contribution in [0.15, 0.2) is 22.9 Å². The highest BCUT2D eigenvalue weighted by atomic mass is 79.9. The summed E-state index contributed by atoms with van der Waals surface area (Å²) in [5.74, 6) is 0. The fourth-order valence-electron chi connectivity index (χ4n) is 1.53. The summed E-state index contributed by atoms with van der Waals surface area (Å²) in [4.78, 5) is 4.03. The summed E-state index contributed by atoms with van der Waals surface area (Å²) >= 11 is 3.47. The Labute approximate surface area is 99.6 Å². The second-order valence-electron chi connectivity index (χ2n) is 3.67. The van der Waals surface area contributed by atoms with Gasteiger partial charge in [-0.05, 0) is 34.8 Å². The fraction of sp³-hybridized carbons (Fsp3) is 0.545. The van der Waals surface area contributed by atoms with Crippen molar-refractivity contribution in [2.24, 2.45) is 5.73 Å². The van der Waals surface area contributed by atoms with Crippen LogP contribution in [0, 0.1) is 0 Å². The molecule has 0 spiro atoms. The minimum absolute atomic E-state index is 0.0100. The van der Waals surface area contributed by atoms with Gasteiger partial charge in [0, 0.05) is 24.5 Å². The van der Waals surface area contributed by atoms with E-state index in [-0.39, 0.29) is 5.54 Å². The van der Waals surface area contributed by atoms with E-state index in [4.69, 9.17) is 5.73 Å². The molecule has 3 nitrogen and oxygen atoms in total. The summed E-state index contributed by atoms with van der Waals surface area (Å²) in [6.45, 7) is 4.94. The van der Waals surface area contributed by atoms with Gasteiger partial charge < -0.3 is 11.1 Å². The highest BCUT2D eigenvalue weighted by Crippen LogP contribution is 2.26. The summed E-state index contributed by atoms with van der Waals surface area (Å²) in [5.41, 5.74) is 6.88. The lowest BCUT2D eigenvalue weighted by atomic mass is 9.92. The highest BCUT2D eigenvalue weighted by Gasteiger charge is 2.24. The molecule has 1 heterocycles. The molecule has 0 fully saturated rings. The number of hydrogen-bond donors (Lipinski definition) is 2. The number of halogens is 1. The van der Waals surface area contributed by atoms with Crippen molar-refractivity contribution < 1.29 is 0 Å². The van der Waals surface area contributed by atoms with Gasteiger partial charge in [0.25, 0.3) is 0 Å². The zero-order valence-corrected chi connectivity index (χ0v) is 10.8. The lowest BCUT2D eigenvalue weighted by Gasteiger charge is -2.33. The molecule has 0 saturated heterocycles. The molecule has 0 amide bonds. The van der Waals surface area contributed by atoms with E-state index in [1.165, 1.54) is 0 Å². The summed E-state index contributed by atoms with van der Waals surface area (Å²) < 4.78 is 0.977. The molecule has 0 aromatic carbocycles. The monoisotopic (exact) mass is 271 g/mol. The fourth-order valence-corrected chi connectivity index (χ4v) is 1.88. The molecule has 0 aliphatic rings. The van der Waals surface area contributed by atoms with Crippen molar-refractivity contribution >= 4 is 21.6 Å². The number of anilines is 1. The van der Waals surface area contributed by atoms with Gasteiger partial charge in [-0.2, -0.15) is 0 Å². The molecule has 0 aliphatic carbocycles.